The highest BCUT2D eigenvalue weighted by Gasteiger charge is 2.05. The molecule has 0 atom stereocenters. The van der Waals surface area contributed by atoms with Crippen molar-refractivity contribution in [2.75, 3.05) is 5.73 Å². The number of nitrogen functional groups attached to an aromatic ring is 1. The average molecular weight is 313 g/mol. The summed E-state index contributed by atoms with van der Waals surface area (Å²) in [6.07, 6.45) is 1.68. The first-order valence-corrected chi connectivity index (χ1v) is 8.43. The van der Waals surface area contributed by atoms with Gasteiger partial charge in [-0.05, 0) is 19.1 Å². The highest BCUT2D eigenvalue weighted by Crippen LogP contribution is 2.27. The lowest BCUT2D eigenvalue weighted by molar-refractivity contribution is 1.13. The monoisotopic (exact) mass is 313 g/mol. The van der Waals surface area contributed by atoms with Gasteiger partial charge in [0, 0.05) is 16.7 Å². The number of rotatable bonds is 4. The lowest BCUT2D eigenvalue weighted by Gasteiger charge is -1.99. The van der Waals surface area contributed by atoms with Crippen LogP contribution in [-0.4, -0.2) is 9.97 Å². The molecule has 0 aliphatic carbocycles. The Morgan fingerprint density at radius 3 is 2.67 bits per heavy atom. The summed E-state index contributed by atoms with van der Waals surface area (Å²) in [4.78, 5) is 8.97. The van der Waals surface area contributed by atoms with E-state index >= 15 is 0 Å². The zero-order chi connectivity index (χ0) is 14.7. The van der Waals surface area contributed by atoms with Gasteiger partial charge < -0.3 is 5.73 Å². The van der Waals surface area contributed by atoms with Crippen molar-refractivity contribution < 1.29 is 0 Å². The van der Waals surface area contributed by atoms with Crippen molar-refractivity contribution in [1.82, 2.24) is 9.97 Å². The summed E-state index contributed by atoms with van der Waals surface area (Å²) in [5.41, 5.74) is 9.84. The molecule has 0 radical (unpaired) electrons. The first kappa shape index (κ1) is 14.1. The van der Waals surface area contributed by atoms with E-state index in [4.69, 9.17) is 5.73 Å². The maximum Gasteiger partial charge on any atom is 0.123 e. The topological polar surface area (TPSA) is 51.8 Å². The van der Waals surface area contributed by atoms with Crippen molar-refractivity contribution in [2.24, 2.45) is 0 Å². The molecular formula is C16H15N3S2. The van der Waals surface area contributed by atoms with Crippen LogP contribution in [0.4, 0.5) is 5.69 Å². The summed E-state index contributed by atoms with van der Waals surface area (Å²) in [6, 6.07) is 12.3. The number of thioether (sulfide) groups is 1. The van der Waals surface area contributed by atoms with Crippen molar-refractivity contribution in [3.8, 4) is 10.6 Å². The van der Waals surface area contributed by atoms with Crippen LogP contribution in [0.3, 0.4) is 0 Å². The fraction of sp³-hybridized carbons (Fsp3) is 0.125. The molecule has 1 aromatic carbocycles. The van der Waals surface area contributed by atoms with Crippen molar-refractivity contribution in [1.29, 1.82) is 0 Å². The Kier molecular flexibility index (Phi) is 4.22. The van der Waals surface area contributed by atoms with E-state index in [9.17, 15) is 0 Å². The fourth-order valence-corrected chi connectivity index (χ4v) is 3.49. The van der Waals surface area contributed by atoms with Crippen LogP contribution in [0.15, 0.2) is 53.0 Å². The highest BCUT2D eigenvalue weighted by molar-refractivity contribution is 7.98. The first-order valence-electron chi connectivity index (χ1n) is 6.56. The maximum atomic E-state index is 5.63. The predicted octanol–water partition coefficient (Wildman–Crippen LogP) is 4.39. The Bertz CT molecular complexity index is 718. The maximum absolute atomic E-state index is 5.63. The molecule has 3 nitrogen and oxygen atoms in total. The number of aromatic nitrogens is 2. The number of hydrogen-bond acceptors (Lipinski definition) is 5. The van der Waals surface area contributed by atoms with E-state index in [1.165, 1.54) is 11.1 Å². The van der Waals surface area contributed by atoms with Gasteiger partial charge in [-0.1, -0.05) is 29.8 Å². The van der Waals surface area contributed by atoms with Crippen LogP contribution in [0.1, 0.15) is 11.3 Å². The van der Waals surface area contributed by atoms with Crippen LogP contribution in [0.2, 0.25) is 0 Å². The zero-order valence-corrected chi connectivity index (χ0v) is 13.2. The summed E-state index contributed by atoms with van der Waals surface area (Å²) in [7, 11) is 0. The molecule has 2 aromatic heterocycles. The number of hydrogen-bond donors (Lipinski definition) is 1. The second-order valence-corrected chi connectivity index (χ2v) is 6.58. The molecule has 0 unspecified atom stereocenters. The van der Waals surface area contributed by atoms with Gasteiger partial charge in [0.15, 0.2) is 0 Å². The molecule has 0 saturated heterocycles. The van der Waals surface area contributed by atoms with Gasteiger partial charge in [-0.15, -0.1) is 23.1 Å². The third-order valence-electron chi connectivity index (χ3n) is 2.98. The van der Waals surface area contributed by atoms with Gasteiger partial charge >= 0.3 is 0 Å². The molecule has 0 fully saturated rings. The molecule has 2 N–H and O–H groups in total. The van der Waals surface area contributed by atoms with Crippen molar-refractivity contribution in [3.05, 3.63) is 59.2 Å². The molecule has 0 saturated carbocycles. The molecule has 0 spiro atoms. The van der Waals surface area contributed by atoms with Gasteiger partial charge in [0.05, 0.1) is 22.6 Å². The van der Waals surface area contributed by atoms with E-state index < -0.39 is 0 Å². The van der Waals surface area contributed by atoms with E-state index in [1.807, 2.05) is 12.1 Å². The Hall–Kier alpha value is -1.85. The predicted molar refractivity (Wildman–Crippen MR) is 90.5 cm³/mol. The van der Waals surface area contributed by atoms with Crippen LogP contribution in [0.5, 0.6) is 0 Å². The van der Waals surface area contributed by atoms with Crippen LogP contribution < -0.4 is 5.73 Å². The van der Waals surface area contributed by atoms with Crippen molar-refractivity contribution >= 4 is 28.8 Å². The number of anilines is 1. The molecule has 0 aliphatic rings. The Morgan fingerprint density at radius 1 is 1.14 bits per heavy atom. The van der Waals surface area contributed by atoms with Gasteiger partial charge in [-0.25, -0.2) is 9.97 Å². The van der Waals surface area contributed by atoms with E-state index in [2.05, 4.69) is 46.5 Å². The minimum atomic E-state index is 0.690. The van der Waals surface area contributed by atoms with E-state index in [0.29, 0.717) is 5.69 Å². The van der Waals surface area contributed by atoms with E-state index in [-0.39, 0.29) is 0 Å². The minimum absolute atomic E-state index is 0.690. The Balaban J connectivity index is 1.67. The lowest BCUT2D eigenvalue weighted by atomic mass is 10.2. The summed E-state index contributed by atoms with van der Waals surface area (Å²) < 4.78 is 0. The van der Waals surface area contributed by atoms with Gasteiger partial charge in [0.2, 0.25) is 0 Å². The highest BCUT2D eigenvalue weighted by atomic mass is 32.2. The van der Waals surface area contributed by atoms with Gasteiger partial charge in [0.25, 0.3) is 0 Å². The van der Waals surface area contributed by atoms with E-state index in [0.717, 1.165) is 21.5 Å². The van der Waals surface area contributed by atoms with Crippen LogP contribution in [-0.2, 0) is 5.75 Å². The van der Waals surface area contributed by atoms with Crippen molar-refractivity contribution in [3.63, 3.8) is 0 Å². The molecular weight excluding hydrogens is 298 g/mol. The number of thiazole rings is 1. The summed E-state index contributed by atoms with van der Waals surface area (Å²) in [5, 5.41) is 4.14. The largest absolute Gasteiger partial charge is 0.397 e. The van der Waals surface area contributed by atoms with Gasteiger partial charge in [-0.3, -0.25) is 0 Å². The van der Waals surface area contributed by atoms with Crippen LogP contribution in [0.25, 0.3) is 10.6 Å². The summed E-state index contributed by atoms with van der Waals surface area (Å²) >= 11 is 3.35. The molecule has 106 valence electrons. The minimum Gasteiger partial charge on any atom is -0.397 e. The third kappa shape index (κ3) is 3.62. The smallest absolute Gasteiger partial charge is 0.123 e. The second-order valence-electron chi connectivity index (χ2n) is 4.73. The quantitative estimate of drug-likeness (QED) is 0.726. The second kappa shape index (κ2) is 6.28. The number of nitrogens with zero attached hydrogens (tertiary/aromatic N) is 2. The molecule has 5 heteroatoms. The number of pyridine rings is 1. The summed E-state index contributed by atoms with van der Waals surface area (Å²) in [5.74, 6) is 0.819. The van der Waals surface area contributed by atoms with Crippen molar-refractivity contribution in [2.45, 2.75) is 17.7 Å². The average Bonchev–Trinajstić information content (AvgIpc) is 2.96. The molecule has 0 aliphatic heterocycles. The molecule has 21 heavy (non-hydrogen) atoms. The number of aryl methyl sites for hydroxylation is 1. The summed E-state index contributed by atoms with van der Waals surface area (Å²) in [6.45, 7) is 2.09. The standard InChI is InChI=1S/C16H15N3S2/c1-11-2-4-12(5-3-11)16-19-14(10-21-16)9-20-15-7-6-13(17)8-18-15/h2-8,10H,9,17H2,1H3. The number of nitrogens with two attached hydrogens (primary N) is 1. The van der Waals surface area contributed by atoms with E-state index in [1.54, 1.807) is 29.3 Å². The van der Waals surface area contributed by atoms with Gasteiger partial charge in [-0.2, -0.15) is 0 Å². The number of benzene rings is 1. The van der Waals surface area contributed by atoms with Crippen LogP contribution in [0, 0.1) is 6.92 Å². The zero-order valence-electron chi connectivity index (χ0n) is 11.6. The fourth-order valence-electron chi connectivity index (χ4n) is 1.83. The molecule has 0 bridgehead atoms. The Labute approximate surface area is 132 Å². The molecule has 3 aromatic rings. The SMILES string of the molecule is Cc1ccc(-c2nc(CSc3ccc(N)cn3)cs2)cc1. The third-order valence-corrected chi connectivity index (χ3v) is 4.89. The van der Waals surface area contributed by atoms with Gasteiger partial charge in [0.1, 0.15) is 5.01 Å². The molecule has 3 rings (SSSR count). The first-order chi connectivity index (χ1) is 10.2. The molecule has 0 amide bonds. The Morgan fingerprint density at radius 2 is 1.95 bits per heavy atom. The lowest BCUT2D eigenvalue weighted by Crippen LogP contribution is -1.87. The normalized spacial score (nSPS) is 10.7. The molecule has 2 heterocycles. The van der Waals surface area contributed by atoms with Crippen LogP contribution >= 0.6 is 23.1 Å².